The van der Waals surface area contributed by atoms with Gasteiger partial charge < -0.3 is 14.5 Å². The predicted molar refractivity (Wildman–Crippen MR) is 166 cm³/mol. The molecule has 9 heteroatoms. The van der Waals surface area contributed by atoms with E-state index in [1.807, 2.05) is 48.5 Å². The molecule has 3 aromatic carbocycles. The largest absolute Gasteiger partial charge is 0.446 e. The summed E-state index contributed by atoms with van der Waals surface area (Å²) in [6.07, 6.45) is 2.49. The number of carbonyl (C=O) groups excluding carboxylic acids is 3. The molecule has 1 fully saturated rings. The second-order valence-corrected chi connectivity index (χ2v) is 10.7. The Labute approximate surface area is 251 Å². The molecule has 0 radical (unpaired) electrons. The van der Waals surface area contributed by atoms with E-state index in [1.54, 1.807) is 18.2 Å². The number of rotatable bonds is 8. The van der Waals surface area contributed by atoms with Gasteiger partial charge in [0.05, 0.1) is 37.9 Å². The fourth-order valence-electron chi connectivity index (χ4n) is 4.55. The van der Waals surface area contributed by atoms with Crippen molar-refractivity contribution < 1.29 is 23.6 Å². The van der Waals surface area contributed by atoms with E-state index in [1.165, 1.54) is 0 Å². The fraction of sp³-hybridized carbons (Fsp3) is 0.300. The number of amides is 2. The number of likely N-dealkylation sites (tertiary alicyclic amines) is 1. The molecule has 0 aliphatic carbocycles. The number of hydrogen-bond donors (Lipinski definition) is 2. The molecule has 2 amide bonds. The van der Waals surface area contributed by atoms with E-state index in [2.05, 4.69) is 24.7 Å². The number of aryl methyl sites for hydroxylation is 1. The molecule has 0 atom stereocenters. The summed E-state index contributed by atoms with van der Waals surface area (Å²) in [5.74, 6) is -0.181. The SMILES string of the molecule is C[N+]1(C)CCC(OC(=O)Nc2cc(CCC(=O)Nc3ccc(C=O)c(Cl)c3)ccc2-c2ccccc2)CC1.I. The maximum atomic E-state index is 12.8. The Bertz CT molecular complexity index is 1310. The van der Waals surface area contributed by atoms with Crippen molar-refractivity contribution >= 4 is 65.2 Å². The maximum Gasteiger partial charge on any atom is 0.411 e. The van der Waals surface area contributed by atoms with Crippen LogP contribution >= 0.6 is 35.6 Å². The molecule has 1 aliphatic heterocycles. The van der Waals surface area contributed by atoms with Crippen LogP contribution in [0.25, 0.3) is 11.1 Å². The molecule has 0 saturated carbocycles. The van der Waals surface area contributed by atoms with Gasteiger partial charge in [-0.15, -0.1) is 24.0 Å². The minimum Gasteiger partial charge on any atom is -0.446 e. The molecule has 206 valence electrons. The predicted octanol–water partition coefficient (Wildman–Crippen LogP) is 6.80. The van der Waals surface area contributed by atoms with Crippen molar-refractivity contribution in [3.05, 3.63) is 82.9 Å². The molecule has 3 aromatic rings. The lowest BCUT2D eigenvalue weighted by atomic mass is 9.99. The minimum absolute atomic E-state index is 0. The monoisotopic (exact) mass is 662 g/mol. The summed E-state index contributed by atoms with van der Waals surface area (Å²) >= 11 is 6.06. The molecule has 0 aromatic heterocycles. The van der Waals surface area contributed by atoms with Crippen LogP contribution in [0.2, 0.25) is 5.02 Å². The first-order valence-electron chi connectivity index (χ1n) is 12.7. The van der Waals surface area contributed by atoms with E-state index in [-0.39, 0.29) is 47.4 Å². The molecule has 39 heavy (non-hydrogen) atoms. The molecule has 0 bridgehead atoms. The average molecular weight is 663 g/mol. The number of quaternary nitrogens is 1. The van der Waals surface area contributed by atoms with Crippen LogP contribution in [0.15, 0.2) is 66.7 Å². The van der Waals surface area contributed by atoms with Gasteiger partial charge in [0.2, 0.25) is 5.91 Å². The zero-order valence-corrected chi connectivity index (χ0v) is 25.2. The van der Waals surface area contributed by atoms with Crippen LogP contribution < -0.4 is 10.6 Å². The lowest BCUT2D eigenvalue weighted by Gasteiger charge is -2.36. The van der Waals surface area contributed by atoms with E-state index in [4.69, 9.17) is 16.3 Å². The van der Waals surface area contributed by atoms with Gasteiger partial charge in [0.25, 0.3) is 0 Å². The van der Waals surface area contributed by atoms with Crippen molar-refractivity contribution in [1.29, 1.82) is 0 Å². The Morgan fingerprint density at radius 3 is 2.38 bits per heavy atom. The third-order valence-corrected chi connectivity index (χ3v) is 7.17. The molecule has 1 saturated heterocycles. The molecule has 1 aliphatic rings. The van der Waals surface area contributed by atoms with Crippen LogP contribution in [0.3, 0.4) is 0 Å². The van der Waals surface area contributed by atoms with E-state index >= 15 is 0 Å². The summed E-state index contributed by atoms with van der Waals surface area (Å²) in [6.45, 7) is 1.94. The first kappa shape index (κ1) is 30.6. The van der Waals surface area contributed by atoms with Crippen LogP contribution in [-0.4, -0.2) is 56.1 Å². The summed E-state index contributed by atoms with van der Waals surface area (Å²) in [4.78, 5) is 36.3. The number of carbonyl (C=O) groups is 3. The fourth-order valence-corrected chi connectivity index (χ4v) is 4.78. The van der Waals surface area contributed by atoms with Crippen molar-refractivity contribution in [2.24, 2.45) is 0 Å². The number of nitrogens with zero attached hydrogens (tertiary/aromatic N) is 1. The zero-order valence-electron chi connectivity index (χ0n) is 22.1. The summed E-state index contributed by atoms with van der Waals surface area (Å²) < 4.78 is 6.69. The third kappa shape index (κ3) is 8.78. The van der Waals surface area contributed by atoms with Gasteiger partial charge in [-0.1, -0.05) is 54.1 Å². The quantitative estimate of drug-likeness (QED) is 0.158. The average Bonchev–Trinajstić information content (AvgIpc) is 2.89. The molecule has 0 unspecified atom stereocenters. The van der Waals surface area contributed by atoms with E-state index in [9.17, 15) is 14.4 Å². The molecular weight excluding hydrogens is 629 g/mol. The molecule has 4 rings (SSSR count). The number of benzene rings is 3. The third-order valence-electron chi connectivity index (χ3n) is 6.84. The Kier molecular flexibility index (Phi) is 10.9. The standard InChI is InChI=1S/C30H32ClN3O4.HI/c1-34(2)16-14-25(15-17-34)38-30(37)33-28-18-21(8-12-26(28)22-6-4-3-5-7-22)9-13-29(36)32-24-11-10-23(20-35)27(31)19-24;/h3-8,10-12,18-20,25H,9,13-17H2,1-2H3,(H-,32,33,35,36,37);1H/p+1. The van der Waals surface area contributed by atoms with Crippen molar-refractivity contribution in [1.82, 2.24) is 0 Å². The van der Waals surface area contributed by atoms with Gasteiger partial charge in [0.15, 0.2) is 6.29 Å². The van der Waals surface area contributed by atoms with Crippen molar-refractivity contribution in [2.45, 2.75) is 31.8 Å². The van der Waals surface area contributed by atoms with Gasteiger partial charge in [-0.25, -0.2) is 4.79 Å². The van der Waals surface area contributed by atoms with Crippen LogP contribution in [0.1, 0.15) is 35.2 Å². The second kappa shape index (κ2) is 13.9. The van der Waals surface area contributed by atoms with Gasteiger partial charge >= 0.3 is 6.09 Å². The Hall–Kier alpha value is -2.95. The van der Waals surface area contributed by atoms with Crippen LogP contribution in [0, 0.1) is 0 Å². The van der Waals surface area contributed by atoms with Crippen molar-refractivity contribution in [3.8, 4) is 11.1 Å². The summed E-state index contributed by atoms with van der Waals surface area (Å²) in [5, 5.41) is 6.05. The summed E-state index contributed by atoms with van der Waals surface area (Å²) in [5.41, 5.74) is 4.29. The first-order chi connectivity index (χ1) is 18.2. The van der Waals surface area contributed by atoms with E-state index in [0.29, 0.717) is 29.6 Å². The molecule has 2 N–H and O–H groups in total. The smallest absolute Gasteiger partial charge is 0.411 e. The lowest BCUT2D eigenvalue weighted by Crippen LogP contribution is -2.48. The molecular formula is C30H34ClIN3O4+. The number of nitrogens with one attached hydrogen (secondary N) is 2. The van der Waals surface area contributed by atoms with E-state index < -0.39 is 6.09 Å². The van der Waals surface area contributed by atoms with Gasteiger partial charge in [0, 0.05) is 36.1 Å². The molecule has 0 spiro atoms. The minimum atomic E-state index is -0.468. The molecule has 7 nitrogen and oxygen atoms in total. The lowest BCUT2D eigenvalue weighted by molar-refractivity contribution is -0.896. The number of hydrogen-bond acceptors (Lipinski definition) is 4. The Balaban J connectivity index is 0.00000420. The van der Waals surface area contributed by atoms with Crippen molar-refractivity contribution in [3.63, 3.8) is 0 Å². The normalized spacial score (nSPS) is 14.5. The number of piperidine rings is 1. The number of ether oxygens (including phenoxy) is 1. The summed E-state index contributed by atoms with van der Waals surface area (Å²) in [6, 6.07) is 20.4. The topological polar surface area (TPSA) is 84.5 Å². The van der Waals surface area contributed by atoms with E-state index in [0.717, 1.165) is 47.1 Å². The zero-order chi connectivity index (χ0) is 27.1. The van der Waals surface area contributed by atoms with Gasteiger partial charge in [-0.05, 0) is 41.8 Å². The number of anilines is 2. The highest BCUT2D eigenvalue weighted by atomic mass is 127. The maximum absolute atomic E-state index is 12.8. The first-order valence-corrected chi connectivity index (χ1v) is 13.1. The van der Waals surface area contributed by atoms with Crippen LogP contribution in [0.5, 0.6) is 0 Å². The highest BCUT2D eigenvalue weighted by Crippen LogP contribution is 2.30. The highest BCUT2D eigenvalue weighted by Gasteiger charge is 2.28. The molecule has 1 heterocycles. The highest BCUT2D eigenvalue weighted by molar-refractivity contribution is 14.0. The summed E-state index contributed by atoms with van der Waals surface area (Å²) in [7, 11) is 4.37. The Morgan fingerprint density at radius 2 is 1.72 bits per heavy atom. The van der Waals surface area contributed by atoms with Crippen LogP contribution in [0.4, 0.5) is 16.2 Å². The Morgan fingerprint density at radius 1 is 1.00 bits per heavy atom. The van der Waals surface area contributed by atoms with Gasteiger partial charge in [-0.2, -0.15) is 0 Å². The number of aldehydes is 1. The number of halogens is 2. The van der Waals surface area contributed by atoms with Gasteiger partial charge in [0.1, 0.15) is 6.10 Å². The second-order valence-electron chi connectivity index (χ2n) is 10.3. The van der Waals surface area contributed by atoms with Gasteiger partial charge in [-0.3, -0.25) is 14.9 Å². The van der Waals surface area contributed by atoms with Crippen molar-refractivity contribution in [2.75, 3.05) is 37.8 Å². The van der Waals surface area contributed by atoms with Crippen LogP contribution in [-0.2, 0) is 16.0 Å².